The van der Waals surface area contributed by atoms with Gasteiger partial charge < -0.3 is 10.5 Å². The highest BCUT2D eigenvalue weighted by molar-refractivity contribution is 14.0. The minimum absolute atomic E-state index is 0. The van der Waals surface area contributed by atoms with Crippen LogP contribution in [-0.2, 0) is 4.74 Å². The summed E-state index contributed by atoms with van der Waals surface area (Å²) in [6.45, 7) is 5.37. The fraction of sp³-hybridized carbons (Fsp3) is 0.462. The van der Waals surface area contributed by atoms with E-state index in [1.54, 1.807) is 0 Å². The Morgan fingerprint density at radius 3 is 2.56 bits per heavy atom. The van der Waals surface area contributed by atoms with Crippen molar-refractivity contribution in [1.29, 1.82) is 0 Å². The zero-order valence-corrected chi connectivity index (χ0v) is 12.7. The summed E-state index contributed by atoms with van der Waals surface area (Å²) in [5, 5.41) is 0. The molecule has 2 rings (SSSR count). The number of rotatable bonds is 4. The number of amidine groups is 1. The summed E-state index contributed by atoms with van der Waals surface area (Å²) >= 11 is 0. The van der Waals surface area contributed by atoms with Crippen molar-refractivity contribution in [1.82, 2.24) is 4.90 Å². The summed E-state index contributed by atoms with van der Waals surface area (Å²) in [4.78, 5) is 6.75. The average Bonchev–Trinajstić information content (AvgIpc) is 2.41. The van der Waals surface area contributed by atoms with Crippen molar-refractivity contribution in [3.63, 3.8) is 0 Å². The molecule has 1 fully saturated rings. The fourth-order valence-electron chi connectivity index (χ4n) is 1.84. The zero-order valence-electron chi connectivity index (χ0n) is 10.4. The molecule has 0 atom stereocenters. The van der Waals surface area contributed by atoms with Crippen LogP contribution < -0.4 is 5.73 Å². The van der Waals surface area contributed by atoms with Gasteiger partial charge in [0.2, 0.25) is 0 Å². The quantitative estimate of drug-likeness (QED) is 0.500. The van der Waals surface area contributed by atoms with Crippen molar-refractivity contribution < 1.29 is 4.74 Å². The molecule has 2 N–H and O–H groups in total. The summed E-state index contributed by atoms with van der Waals surface area (Å²) in [5.41, 5.74) is 6.91. The van der Waals surface area contributed by atoms with Crippen LogP contribution in [0.25, 0.3) is 0 Å². The van der Waals surface area contributed by atoms with E-state index in [0.717, 1.165) is 45.0 Å². The van der Waals surface area contributed by atoms with Crippen LogP contribution in [0.4, 0.5) is 0 Å². The van der Waals surface area contributed by atoms with Gasteiger partial charge in [-0.3, -0.25) is 9.89 Å². The number of ether oxygens (including phenoxy) is 1. The number of nitrogens with zero attached hydrogens (tertiary/aromatic N) is 2. The van der Waals surface area contributed by atoms with Crippen molar-refractivity contribution >= 4 is 29.8 Å². The molecule has 0 radical (unpaired) electrons. The van der Waals surface area contributed by atoms with E-state index in [4.69, 9.17) is 10.5 Å². The van der Waals surface area contributed by atoms with Gasteiger partial charge in [0.25, 0.3) is 0 Å². The second-order valence-electron chi connectivity index (χ2n) is 4.09. The van der Waals surface area contributed by atoms with Crippen LogP contribution in [0.15, 0.2) is 35.3 Å². The highest BCUT2D eigenvalue weighted by Crippen LogP contribution is 1.99. The second-order valence-corrected chi connectivity index (χ2v) is 4.09. The molecule has 4 nitrogen and oxygen atoms in total. The SMILES string of the molecule is I.NC(=NCCN1CCOCC1)c1ccccc1. The normalized spacial score (nSPS) is 17.2. The van der Waals surface area contributed by atoms with Crippen molar-refractivity contribution in [2.75, 3.05) is 39.4 Å². The number of aliphatic imine (C=N–C) groups is 1. The van der Waals surface area contributed by atoms with Crippen LogP contribution in [0, 0.1) is 0 Å². The van der Waals surface area contributed by atoms with Gasteiger partial charge in [0.05, 0.1) is 19.8 Å². The minimum atomic E-state index is 0. The third-order valence-electron chi connectivity index (χ3n) is 2.87. The topological polar surface area (TPSA) is 50.8 Å². The third-order valence-corrected chi connectivity index (χ3v) is 2.87. The Morgan fingerprint density at radius 2 is 1.89 bits per heavy atom. The molecular formula is C13H20IN3O. The second kappa shape index (κ2) is 8.44. The van der Waals surface area contributed by atoms with Gasteiger partial charge in [0, 0.05) is 25.2 Å². The average molecular weight is 361 g/mol. The van der Waals surface area contributed by atoms with Gasteiger partial charge in [-0.1, -0.05) is 30.3 Å². The lowest BCUT2D eigenvalue weighted by Crippen LogP contribution is -2.38. The first kappa shape index (κ1) is 15.4. The van der Waals surface area contributed by atoms with Gasteiger partial charge >= 0.3 is 0 Å². The molecule has 1 aliphatic heterocycles. The van der Waals surface area contributed by atoms with Gasteiger partial charge in [-0.25, -0.2) is 0 Å². The summed E-state index contributed by atoms with van der Waals surface area (Å²) < 4.78 is 5.29. The molecule has 0 saturated carbocycles. The van der Waals surface area contributed by atoms with E-state index in [9.17, 15) is 0 Å². The van der Waals surface area contributed by atoms with Crippen LogP contribution in [0.1, 0.15) is 5.56 Å². The van der Waals surface area contributed by atoms with E-state index < -0.39 is 0 Å². The van der Waals surface area contributed by atoms with Crippen LogP contribution in [-0.4, -0.2) is 50.1 Å². The molecule has 1 aliphatic rings. The van der Waals surface area contributed by atoms with Crippen molar-refractivity contribution in [2.24, 2.45) is 10.7 Å². The molecule has 1 aromatic carbocycles. The number of halogens is 1. The van der Waals surface area contributed by atoms with Gasteiger partial charge in [0.1, 0.15) is 5.84 Å². The third kappa shape index (κ3) is 4.91. The van der Waals surface area contributed by atoms with E-state index in [-0.39, 0.29) is 24.0 Å². The van der Waals surface area contributed by atoms with Crippen molar-refractivity contribution in [2.45, 2.75) is 0 Å². The van der Waals surface area contributed by atoms with Crippen molar-refractivity contribution in [3.05, 3.63) is 35.9 Å². The lowest BCUT2D eigenvalue weighted by molar-refractivity contribution is 0.0394. The Bertz CT molecular complexity index is 364. The number of hydrogen-bond acceptors (Lipinski definition) is 3. The molecule has 0 bridgehead atoms. The maximum absolute atomic E-state index is 5.92. The van der Waals surface area contributed by atoms with Gasteiger partial charge in [0.15, 0.2) is 0 Å². The minimum Gasteiger partial charge on any atom is -0.384 e. The molecule has 5 heteroatoms. The molecule has 100 valence electrons. The first-order valence-electron chi connectivity index (χ1n) is 6.02. The molecule has 1 saturated heterocycles. The van der Waals surface area contributed by atoms with Crippen LogP contribution >= 0.6 is 24.0 Å². The van der Waals surface area contributed by atoms with Gasteiger partial charge in [-0.15, -0.1) is 24.0 Å². The number of hydrogen-bond donors (Lipinski definition) is 1. The summed E-state index contributed by atoms with van der Waals surface area (Å²) in [5.74, 6) is 0.624. The summed E-state index contributed by atoms with van der Waals surface area (Å²) in [6.07, 6.45) is 0. The molecule has 0 amide bonds. The predicted octanol–water partition coefficient (Wildman–Crippen LogP) is 1.34. The lowest BCUT2D eigenvalue weighted by atomic mass is 10.2. The maximum Gasteiger partial charge on any atom is 0.125 e. The number of morpholine rings is 1. The number of benzene rings is 1. The number of nitrogens with two attached hydrogens (primary N) is 1. The molecular weight excluding hydrogens is 341 g/mol. The maximum atomic E-state index is 5.92. The Balaban J connectivity index is 0.00000162. The molecule has 0 unspecified atom stereocenters. The van der Waals surface area contributed by atoms with E-state index in [2.05, 4.69) is 9.89 Å². The molecule has 0 aromatic heterocycles. The smallest absolute Gasteiger partial charge is 0.125 e. The Hall–Kier alpha value is -0.660. The van der Waals surface area contributed by atoms with Gasteiger partial charge in [-0.2, -0.15) is 0 Å². The lowest BCUT2D eigenvalue weighted by Gasteiger charge is -2.25. The van der Waals surface area contributed by atoms with Crippen LogP contribution in [0.2, 0.25) is 0 Å². The van der Waals surface area contributed by atoms with Crippen LogP contribution in [0.5, 0.6) is 0 Å². The Labute approximate surface area is 125 Å². The van der Waals surface area contributed by atoms with E-state index in [1.165, 1.54) is 0 Å². The molecule has 1 heterocycles. The van der Waals surface area contributed by atoms with Gasteiger partial charge in [-0.05, 0) is 0 Å². The zero-order chi connectivity index (χ0) is 11.9. The standard InChI is InChI=1S/C13H19N3O.HI/c14-13(12-4-2-1-3-5-12)15-6-7-16-8-10-17-11-9-16;/h1-5H,6-11H2,(H2,14,15);1H. The molecule has 1 aromatic rings. The molecule has 18 heavy (non-hydrogen) atoms. The predicted molar refractivity (Wildman–Crippen MR) is 84.7 cm³/mol. The Kier molecular flexibility index (Phi) is 7.22. The van der Waals surface area contributed by atoms with E-state index in [0.29, 0.717) is 5.84 Å². The highest BCUT2D eigenvalue weighted by atomic mass is 127. The summed E-state index contributed by atoms with van der Waals surface area (Å²) in [6, 6.07) is 9.88. The van der Waals surface area contributed by atoms with E-state index in [1.807, 2.05) is 30.3 Å². The first-order valence-corrected chi connectivity index (χ1v) is 6.02. The largest absolute Gasteiger partial charge is 0.384 e. The monoisotopic (exact) mass is 361 g/mol. The molecule has 0 aliphatic carbocycles. The van der Waals surface area contributed by atoms with Crippen molar-refractivity contribution in [3.8, 4) is 0 Å². The van der Waals surface area contributed by atoms with E-state index >= 15 is 0 Å². The fourth-order valence-corrected chi connectivity index (χ4v) is 1.84. The molecule has 0 spiro atoms. The first-order chi connectivity index (χ1) is 8.36. The van der Waals surface area contributed by atoms with Crippen LogP contribution in [0.3, 0.4) is 0 Å². The highest BCUT2D eigenvalue weighted by Gasteiger charge is 2.08. The summed E-state index contributed by atoms with van der Waals surface area (Å²) in [7, 11) is 0. The Morgan fingerprint density at radius 1 is 1.22 bits per heavy atom.